The molecule has 8 heteroatoms. The first-order valence-corrected chi connectivity index (χ1v) is 7.47. The Morgan fingerprint density at radius 3 is 2.50 bits per heavy atom. The van der Waals surface area contributed by atoms with E-state index in [1.165, 1.54) is 30.5 Å². The van der Waals surface area contributed by atoms with Crippen LogP contribution in [0.2, 0.25) is 10.0 Å². The lowest BCUT2D eigenvalue weighted by atomic mass is 10.2. The summed E-state index contributed by atoms with van der Waals surface area (Å²) in [5, 5.41) is 19.6. The van der Waals surface area contributed by atoms with Gasteiger partial charge >= 0.3 is 11.7 Å². The number of hydrogen-bond acceptors (Lipinski definition) is 3. The minimum atomic E-state index is -1.12. The minimum absolute atomic E-state index is 0.0208. The quantitative estimate of drug-likeness (QED) is 0.746. The molecule has 24 heavy (non-hydrogen) atoms. The van der Waals surface area contributed by atoms with E-state index < -0.39 is 11.7 Å². The average Bonchev–Trinajstić information content (AvgIpc) is 2.85. The molecule has 0 radical (unpaired) electrons. The van der Waals surface area contributed by atoms with Crippen molar-refractivity contribution in [2.75, 3.05) is 0 Å². The van der Waals surface area contributed by atoms with Gasteiger partial charge in [-0.05, 0) is 30.3 Å². The molecular formula is C16H10Cl2N2O4. The van der Waals surface area contributed by atoms with Gasteiger partial charge in [-0.1, -0.05) is 35.3 Å². The lowest BCUT2D eigenvalue weighted by Crippen LogP contribution is -2.22. The minimum Gasteiger partial charge on any atom is -0.493 e. The Morgan fingerprint density at radius 2 is 1.79 bits per heavy atom. The fraction of sp³-hybridized carbons (Fsp3) is 0. The van der Waals surface area contributed by atoms with Crippen LogP contribution in [0.15, 0.2) is 53.5 Å². The smallest absolute Gasteiger partial charge is 0.340 e. The second-order valence-corrected chi connectivity index (χ2v) is 5.69. The molecule has 0 fully saturated rings. The topological polar surface area (TPSA) is 84.5 Å². The predicted molar refractivity (Wildman–Crippen MR) is 90.0 cm³/mol. The summed E-state index contributed by atoms with van der Waals surface area (Å²) in [5.74, 6) is -1.48. The molecule has 2 N–H and O–H groups in total. The molecule has 1 heterocycles. The lowest BCUT2D eigenvalue weighted by Gasteiger charge is -2.07. The van der Waals surface area contributed by atoms with Gasteiger partial charge < -0.3 is 10.2 Å². The number of aromatic carboxylic acids is 1. The van der Waals surface area contributed by atoms with Crippen LogP contribution in [0, 0.1) is 0 Å². The number of benzene rings is 2. The highest BCUT2D eigenvalue weighted by molar-refractivity contribution is 6.43. The summed E-state index contributed by atoms with van der Waals surface area (Å²) < 4.78 is 2.11. The van der Waals surface area contributed by atoms with Gasteiger partial charge in [0.05, 0.1) is 33.2 Å². The third kappa shape index (κ3) is 2.66. The van der Waals surface area contributed by atoms with Crippen LogP contribution in [-0.4, -0.2) is 25.3 Å². The number of aromatic hydroxyl groups is 1. The van der Waals surface area contributed by atoms with E-state index >= 15 is 0 Å². The predicted octanol–water partition coefficient (Wildman–Crippen LogP) is 3.34. The molecule has 1 aromatic heterocycles. The Hall–Kier alpha value is -2.70. The van der Waals surface area contributed by atoms with Crippen LogP contribution < -0.4 is 5.69 Å². The third-order valence-corrected chi connectivity index (χ3v) is 4.22. The fourth-order valence-corrected chi connectivity index (χ4v) is 2.68. The number of hydrogen-bond donors (Lipinski definition) is 2. The Morgan fingerprint density at radius 1 is 1.08 bits per heavy atom. The van der Waals surface area contributed by atoms with Crippen LogP contribution in [0.3, 0.4) is 0 Å². The first-order chi connectivity index (χ1) is 11.4. The maximum atomic E-state index is 12.7. The molecule has 0 unspecified atom stereocenters. The zero-order valence-electron chi connectivity index (χ0n) is 12.0. The highest BCUT2D eigenvalue weighted by Crippen LogP contribution is 2.30. The van der Waals surface area contributed by atoms with Gasteiger partial charge in [0.1, 0.15) is 0 Å². The molecule has 0 aliphatic carbocycles. The van der Waals surface area contributed by atoms with Gasteiger partial charge in [0.15, 0.2) is 0 Å². The number of nitrogens with zero attached hydrogens (tertiary/aromatic N) is 2. The first kappa shape index (κ1) is 16.2. The van der Waals surface area contributed by atoms with E-state index in [0.717, 1.165) is 9.13 Å². The molecule has 0 spiro atoms. The fourth-order valence-electron chi connectivity index (χ4n) is 2.30. The van der Waals surface area contributed by atoms with Crippen LogP contribution in [0.1, 0.15) is 10.4 Å². The van der Waals surface area contributed by atoms with Gasteiger partial charge in [-0.3, -0.25) is 4.57 Å². The second kappa shape index (κ2) is 6.07. The van der Waals surface area contributed by atoms with E-state index in [0.29, 0.717) is 5.69 Å². The zero-order chi connectivity index (χ0) is 17.4. The van der Waals surface area contributed by atoms with Gasteiger partial charge in [-0.2, -0.15) is 0 Å². The summed E-state index contributed by atoms with van der Waals surface area (Å²) in [5.41, 5.74) is -0.0708. The van der Waals surface area contributed by atoms with Crippen molar-refractivity contribution in [3.05, 3.63) is 74.8 Å². The normalized spacial score (nSPS) is 10.8. The van der Waals surface area contributed by atoms with Gasteiger partial charge in [0.25, 0.3) is 0 Å². The van der Waals surface area contributed by atoms with Crippen molar-refractivity contribution in [2.45, 2.75) is 0 Å². The lowest BCUT2D eigenvalue weighted by molar-refractivity contribution is 0.0697. The largest absolute Gasteiger partial charge is 0.493 e. The van der Waals surface area contributed by atoms with Crippen molar-refractivity contribution < 1.29 is 15.0 Å². The van der Waals surface area contributed by atoms with Gasteiger partial charge in [0.2, 0.25) is 5.88 Å². The van der Waals surface area contributed by atoms with E-state index in [9.17, 15) is 14.7 Å². The van der Waals surface area contributed by atoms with E-state index in [1.807, 2.05) is 0 Å². The Kier molecular flexibility index (Phi) is 4.09. The van der Waals surface area contributed by atoms with Crippen molar-refractivity contribution in [3.8, 4) is 17.3 Å². The summed E-state index contributed by atoms with van der Waals surface area (Å²) in [7, 11) is 0. The number of carboxylic acids is 1. The summed E-state index contributed by atoms with van der Waals surface area (Å²) in [6.45, 7) is 0. The number of rotatable bonds is 3. The standard InChI is InChI=1S/C16H10Cl2N2O4/c17-11-5-2-6-12(14(11)18)20-13(21)8-19(16(20)24)10-4-1-3-9(7-10)15(22)23/h1-8,21H,(H,22,23). The van der Waals surface area contributed by atoms with Crippen LogP contribution >= 0.6 is 23.2 Å². The van der Waals surface area contributed by atoms with Crippen molar-refractivity contribution in [1.82, 2.24) is 9.13 Å². The van der Waals surface area contributed by atoms with Crippen LogP contribution in [0.4, 0.5) is 0 Å². The number of halogens is 2. The zero-order valence-corrected chi connectivity index (χ0v) is 13.5. The second-order valence-electron chi connectivity index (χ2n) is 4.90. The van der Waals surface area contributed by atoms with Crippen LogP contribution in [0.5, 0.6) is 5.88 Å². The Labute approximate surface area is 145 Å². The molecule has 0 saturated carbocycles. The van der Waals surface area contributed by atoms with Crippen molar-refractivity contribution in [2.24, 2.45) is 0 Å². The van der Waals surface area contributed by atoms with Crippen molar-refractivity contribution in [3.63, 3.8) is 0 Å². The Balaban J connectivity index is 2.21. The van der Waals surface area contributed by atoms with Gasteiger partial charge in [-0.25, -0.2) is 14.2 Å². The summed E-state index contributed by atoms with van der Waals surface area (Å²) in [4.78, 5) is 23.7. The van der Waals surface area contributed by atoms with E-state index in [1.54, 1.807) is 18.2 Å². The molecule has 0 atom stereocenters. The van der Waals surface area contributed by atoms with Crippen LogP contribution in [-0.2, 0) is 0 Å². The molecule has 0 bridgehead atoms. The SMILES string of the molecule is O=C(O)c1cccc(-n2cc(O)n(-c3cccc(Cl)c3Cl)c2=O)c1. The third-order valence-electron chi connectivity index (χ3n) is 3.41. The number of carboxylic acid groups (broad SMARTS) is 1. The molecule has 2 aromatic carbocycles. The molecule has 0 aliphatic rings. The molecule has 3 aromatic rings. The summed E-state index contributed by atoms with van der Waals surface area (Å²) >= 11 is 12.1. The van der Waals surface area contributed by atoms with Crippen LogP contribution in [0.25, 0.3) is 11.4 Å². The highest BCUT2D eigenvalue weighted by atomic mass is 35.5. The number of carbonyl (C=O) groups is 1. The van der Waals surface area contributed by atoms with Gasteiger partial charge in [-0.15, -0.1) is 0 Å². The molecule has 122 valence electrons. The summed E-state index contributed by atoms with van der Waals surface area (Å²) in [6, 6.07) is 10.5. The van der Waals surface area contributed by atoms with E-state index in [-0.39, 0.29) is 27.2 Å². The molecule has 0 amide bonds. The summed E-state index contributed by atoms with van der Waals surface area (Å²) in [6.07, 6.45) is 1.18. The molecule has 6 nitrogen and oxygen atoms in total. The van der Waals surface area contributed by atoms with E-state index in [2.05, 4.69) is 0 Å². The molecule has 0 saturated heterocycles. The average molecular weight is 365 g/mol. The van der Waals surface area contributed by atoms with Crippen molar-refractivity contribution >= 4 is 29.2 Å². The monoisotopic (exact) mass is 364 g/mol. The molecular weight excluding hydrogens is 355 g/mol. The number of imidazole rings is 1. The Bertz CT molecular complexity index is 1010. The highest BCUT2D eigenvalue weighted by Gasteiger charge is 2.17. The first-order valence-electron chi connectivity index (χ1n) is 6.71. The van der Waals surface area contributed by atoms with Crippen molar-refractivity contribution in [1.29, 1.82) is 0 Å². The molecule has 0 aliphatic heterocycles. The van der Waals surface area contributed by atoms with Gasteiger partial charge in [0, 0.05) is 0 Å². The molecule has 3 rings (SSSR count). The maximum absolute atomic E-state index is 12.7. The maximum Gasteiger partial charge on any atom is 0.340 e. The van der Waals surface area contributed by atoms with E-state index in [4.69, 9.17) is 28.3 Å². The number of aromatic nitrogens is 2.